The van der Waals surface area contributed by atoms with Crippen LogP contribution in [0.4, 0.5) is 11.4 Å². The molecule has 0 spiro atoms. The van der Waals surface area contributed by atoms with Gasteiger partial charge < -0.3 is 10.1 Å². The van der Waals surface area contributed by atoms with Gasteiger partial charge in [0.05, 0.1) is 13.0 Å². The van der Waals surface area contributed by atoms with E-state index in [0.717, 1.165) is 14.7 Å². The molecule has 172 valence electrons. The maximum Gasteiger partial charge on any atom is 0.269 e. The third kappa shape index (κ3) is 6.21. The van der Waals surface area contributed by atoms with E-state index in [4.69, 9.17) is 4.74 Å². The molecule has 0 fully saturated rings. The molecule has 3 rings (SSSR count). The molecule has 1 amide bonds. The highest BCUT2D eigenvalue weighted by atomic mass is 127. The lowest BCUT2D eigenvalue weighted by atomic mass is 10.1. The summed E-state index contributed by atoms with van der Waals surface area (Å²) in [4.78, 5) is 23.2. The minimum atomic E-state index is -0.492. The molecule has 1 N–H and O–H groups in total. The van der Waals surface area contributed by atoms with E-state index in [9.17, 15) is 20.2 Å². The van der Waals surface area contributed by atoms with E-state index in [2.05, 4.69) is 43.8 Å². The zero-order valence-corrected chi connectivity index (χ0v) is 22.0. The lowest BCUT2D eigenvalue weighted by Gasteiger charge is -2.12. The minimum absolute atomic E-state index is 0.00138. The van der Waals surface area contributed by atoms with Crippen LogP contribution in [-0.4, -0.2) is 10.8 Å². The standard InChI is InChI=1S/C25H19BrIN3O4/c1-15-5-3-8-23(16(15)2)29-25(31)19(13-28)9-18-11-21(26)24(22(27)12-18)34-14-17-6-4-7-20(10-17)30(32)33/h3-12H,14H2,1-2H3,(H,29,31)/b19-9+. The molecule has 34 heavy (non-hydrogen) atoms. The summed E-state index contributed by atoms with van der Waals surface area (Å²) in [6, 6.07) is 17.3. The number of nitro benzene ring substituents is 1. The van der Waals surface area contributed by atoms with Gasteiger partial charge in [-0.15, -0.1) is 0 Å². The van der Waals surface area contributed by atoms with Gasteiger partial charge in [-0.3, -0.25) is 14.9 Å². The van der Waals surface area contributed by atoms with Crippen LogP contribution in [0.5, 0.6) is 5.75 Å². The lowest BCUT2D eigenvalue weighted by Crippen LogP contribution is -2.14. The van der Waals surface area contributed by atoms with E-state index in [1.807, 2.05) is 32.0 Å². The van der Waals surface area contributed by atoms with Gasteiger partial charge >= 0.3 is 0 Å². The number of amides is 1. The smallest absolute Gasteiger partial charge is 0.269 e. The number of benzene rings is 3. The van der Waals surface area contributed by atoms with Crippen LogP contribution in [0.15, 0.2) is 64.6 Å². The predicted molar refractivity (Wildman–Crippen MR) is 142 cm³/mol. The molecule has 0 aliphatic rings. The fourth-order valence-corrected chi connectivity index (χ4v) is 4.88. The fraction of sp³-hybridized carbons (Fsp3) is 0.120. The Labute approximate surface area is 218 Å². The Hall–Kier alpha value is -3.23. The van der Waals surface area contributed by atoms with Crippen LogP contribution in [0.1, 0.15) is 22.3 Å². The zero-order valence-electron chi connectivity index (χ0n) is 18.3. The molecule has 0 radical (unpaired) electrons. The number of nitro groups is 1. The zero-order chi connectivity index (χ0) is 24.8. The van der Waals surface area contributed by atoms with Crippen molar-refractivity contribution in [3.05, 3.63) is 101 Å². The summed E-state index contributed by atoms with van der Waals surface area (Å²) in [5.74, 6) is 0.0657. The summed E-state index contributed by atoms with van der Waals surface area (Å²) in [7, 11) is 0. The van der Waals surface area contributed by atoms with Crippen LogP contribution in [0, 0.1) is 38.9 Å². The van der Waals surface area contributed by atoms with Crippen LogP contribution >= 0.6 is 38.5 Å². The average molecular weight is 632 g/mol. The normalized spacial score (nSPS) is 11.0. The van der Waals surface area contributed by atoms with Gasteiger partial charge in [0.15, 0.2) is 0 Å². The van der Waals surface area contributed by atoms with E-state index in [1.54, 1.807) is 30.3 Å². The van der Waals surface area contributed by atoms with Crippen molar-refractivity contribution in [2.24, 2.45) is 0 Å². The largest absolute Gasteiger partial charge is 0.487 e. The SMILES string of the molecule is Cc1cccc(NC(=O)/C(C#N)=C/c2cc(Br)c(OCc3cccc([N+](=O)[O-])c3)c(I)c2)c1C. The summed E-state index contributed by atoms with van der Waals surface area (Å²) in [6.45, 7) is 4.01. The third-order valence-electron chi connectivity index (χ3n) is 5.05. The highest BCUT2D eigenvalue weighted by Crippen LogP contribution is 2.33. The minimum Gasteiger partial charge on any atom is -0.487 e. The number of non-ortho nitro benzene ring substituents is 1. The Bertz CT molecular complexity index is 1330. The maximum absolute atomic E-state index is 12.7. The van der Waals surface area contributed by atoms with Gasteiger partial charge in [-0.25, -0.2) is 0 Å². The van der Waals surface area contributed by atoms with E-state index >= 15 is 0 Å². The number of rotatable bonds is 7. The first-order valence-electron chi connectivity index (χ1n) is 10.0. The third-order valence-corrected chi connectivity index (χ3v) is 6.44. The molecule has 0 unspecified atom stereocenters. The number of aryl methyl sites for hydroxylation is 1. The van der Waals surface area contributed by atoms with Gasteiger partial charge in [0, 0.05) is 17.8 Å². The van der Waals surface area contributed by atoms with Crippen molar-refractivity contribution in [1.29, 1.82) is 5.26 Å². The van der Waals surface area contributed by atoms with E-state index in [-0.39, 0.29) is 17.9 Å². The molecule has 0 bridgehead atoms. The summed E-state index contributed by atoms with van der Waals surface area (Å²) < 4.78 is 7.26. The van der Waals surface area contributed by atoms with Crippen LogP contribution < -0.4 is 10.1 Å². The highest BCUT2D eigenvalue weighted by molar-refractivity contribution is 14.1. The highest BCUT2D eigenvalue weighted by Gasteiger charge is 2.14. The molecular weight excluding hydrogens is 613 g/mol. The van der Waals surface area contributed by atoms with Gasteiger partial charge in [0.1, 0.15) is 24.0 Å². The molecule has 0 atom stereocenters. The van der Waals surface area contributed by atoms with E-state index in [0.29, 0.717) is 27.0 Å². The number of nitriles is 1. The van der Waals surface area contributed by atoms with Gasteiger partial charge in [-0.1, -0.05) is 24.3 Å². The van der Waals surface area contributed by atoms with Crippen molar-refractivity contribution in [2.45, 2.75) is 20.5 Å². The fourth-order valence-electron chi connectivity index (χ4n) is 3.11. The quantitative estimate of drug-likeness (QED) is 0.103. The van der Waals surface area contributed by atoms with Crippen LogP contribution in [-0.2, 0) is 11.4 Å². The number of hydrogen-bond acceptors (Lipinski definition) is 5. The maximum atomic E-state index is 12.7. The monoisotopic (exact) mass is 631 g/mol. The second kappa shape index (κ2) is 11.3. The van der Waals surface area contributed by atoms with E-state index < -0.39 is 10.8 Å². The number of nitrogens with one attached hydrogen (secondary N) is 1. The van der Waals surface area contributed by atoms with Crippen LogP contribution in [0.3, 0.4) is 0 Å². The molecule has 0 aliphatic carbocycles. The van der Waals surface area contributed by atoms with Crippen molar-refractivity contribution < 1.29 is 14.5 Å². The molecule has 0 saturated carbocycles. The summed E-state index contributed by atoms with van der Waals surface area (Å²) in [5, 5.41) is 23.3. The molecular formula is C25H19BrIN3O4. The number of nitrogens with zero attached hydrogens (tertiary/aromatic N) is 2. The summed E-state index contributed by atoms with van der Waals surface area (Å²) in [5.41, 5.74) is 3.91. The van der Waals surface area contributed by atoms with Gasteiger partial charge in [-0.05, 0) is 98.9 Å². The van der Waals surface area contributed by atoms with Crippen molar-refractivity contribution in [3.63, 3.8) is 0 Å². The Morgan fingerprint density at radius 2 is 1.97 bits per heavy atom. The van der Waals surface area contributed by atoms with E-state index in [1.165, 1.54) is 18.2 Å². The number of ether oxygens (including phenoxy) is 1. The van der Waals surface area contributed by atoms with Crippen molar-refractivity contribution in [1.82, 2.24) is 0 Å². The first-order chi connectivity index (χ1) is 16.2. The molecule has 7 nitrogen and oxygen atoms in total. The number of anilines is 1. The van der Waals surface area contributed by atoms with Crippen LogP contribution in [0.25, 0.3) is 6.08 Å². The number of hydrogen-bond donors (Lipinski definition) is 1. The summed E-state index contributed by atoms with van der Waals surface area (Å²) in [6.07, 6.45) is 1.51. The predicted octanol–water partition coefficient (Wildman–Crippen LogP) is 6.70. The second-order valence-electron chi connectivity index (χ2n) is 7.40. The second-order valence-corrected chi connectivity index (χ2v) is 9.42. The Morgan fingerprint density at radius 3 is 2.65 bits per heavy atom. The number of carbonyl (C=O) groups is 1. The van der Waals surface area contributed by atoms with Gasteiger partial charge in [-0.2, -0.15) is 5.26 Å². The lowest BCUT2D eigenvalue weighted by molar-refractivity contribution is -0.384. The molecule has 0 aliphatic heterocycles. The average Bonchev–Trinajstić information content (AvgIpc) is 2.80. The topological polar surface area (TPSA) is 105 Å². The molecule has 3 aromatic rings. The van der Waals surface area contributed by atoms with Gasteiger partial charge in [0.25, 0.3) is 11.6 Å². The van der Waals surface area contributed by atoms with Crippen LogP contribution in [0.2, 0.25) is 0 Å². The van der Waals surface area contributed by atoms with Gasteiger partial charge in [0.2, 0.25) is 0 Å². The first kappa shape index (κ1) is 25.4. The Kier molecular flexibility index (Phi) is 8.41. The molecule has 0 aromatic heterocycles. The summed E-state index contributed by atoms with van der Waals surface area (Å²) >= 11 is 5.58. The molecule has 3 aromatic carbocycles. The van der Waals surface area contributed by atoms with Crippen molar-refractivity contribution in [3.8, 4) is 11.8 Å². The first-order valence-corrected chi connectivity index (χ1v) is 11.9. The number of halogens is 2. The molecule has 0 heterocycles. The Balaban J connectivity index is 1.79. The number of carbonyl (C=O) groups excluding carboxylic acids is 1. The Morgan fingerprint density at radius 1 is 1.24 bits per heavy atom. The van der Waals surface area contributed by atoms with Crippen molar-refractivity contribution in [2.75, 3.05) is 5.32 Å². The van der Waals surface area contributed by atoms with Crippen molar-refractivity contribution >= 4 is 61.9 Å². The molecule has 0 saturated heterocycles. The molecule has 9 heteroatoms.